The first-order valence-corrected chi connectivity index (χ1v) is 7.98. The van der Waals surface area contributed by atoms with Crippen LogP contribution in [0.5, 0.6) is 0 Å². The Labute approximate surface area is 139 Å². The summed E-state index contributed by atoms with van der Waals surface area (Å²) in [6.07, 6.45) is 4.83. The van der Waals surface area contributed by atoms with Crippen LogP contribution in [0.1, 0.15) is 12.8 Å². The van der Waals surface area contributed by atoms with Gasteiger partial charge in [-0.15, -0.1) is 10.2 Å². The fourth-order valence-electron chi connectivity index (χ4n) is 2.52. The molecule has 2 aromatic heterocycles. The summed E-state index contributed by atoms with van der Waals surface area (Å²) in [6.45, 7) is 1.47. The number of rotatable bonds is 6. The van der Waals surface area contributed by atoms with E-state index < -0.39 is 0 Å². The standard InChI is InChI=1S/C16H20N6O2/c23-15-6-3-12(11-19-15)16(24)18-8-7-17-13-4-5-14(21-20-13)22-9-1-2-10-22/h1-2,4-5,9-10,12H,3,6-8,11H2,(H,17,20)(H,18,24)(H,19,23). The Bertz CT molecular complexity index is 673. The van der Waals surface area contributed by atoms with Gasteiger partial charge in [-0.2, -0.15) is 0 Å². The predicted octanol–water partition coefficient (Wildman–Crippen LogP) is 0.322. The van der Waals surface area contributed by atoms with Gasteiger partial charge >= 0.3 is 0 Å². The van der Waals surface area contributed by atoms with Gasteiger partial charge in [-0.3, -0.25) is 9.59 Å². The van der Waals surface area contributed by atoms with Gasteiger partial charge in [0, 0.05) is 38.4 Å². The molecular weight excluding hydrogens is 308 g/mol. The number of carbonyl (C=O) groups excluding carboxylic acids is 2. The van der Waals surface area contributed by atoms with Crippen LogP contribution in [0.4, 0.5) is 5.82 Å². The molecule has 0 aromatic carbocycles. The van der Waals surface area contributed by atoms with Crippen molar-refractivity contribution in [3.8, 4) is 5.82 Å². The summed E-state index contributed by atoms with van der Waals surface area (Å²) in [6, 6.07) is 7.57. The second-order valence-corrected chi connectivity index (χ2v) is 5.62. The molecule has 1 aliphatic rings. The van der Waals surface area contributed by atoms with Crippen molar-refractivity contribution in [1.29, 1.82) is 0 Å². The quantitative estimate of drug-likeness (QED) is 0.663. The summed E-state index contributed by atoms with van der Waals surface area (Å²) < 4.78 is 1.87. The molecule has 0 saturated carbocycles. The Kier molecular flexibility index (Phi) is 5.05. The molecule has 2 amide bonds. The van der Waals surface area contributed by atoms with E-state index in [-0.39, 0.29) is 17.7 Å². The van der Waals surface area contributed by atoms with Gasteiger partial charge in [0.1, 0.15) is 5.82 Å². The summed E-state index contributed by atoms with van der Waals surface area (Å²) >= 11 is 0. The number of nitrogens with zero attached hydrogens (tertiary/aromatic N) is 3. The highest BCUT2D eigenvalue weighted by atomic mass is 16.2. The lowest BCUT2D eigenvalue weighted by Gasteiger charge is -2.21. The second-order valence-electron chi connectivity index (χ2n) is 5.62. The van der Waals surface area contributed by atoms with Gasteiger partial charge in [-0.1, -0.05) is 0 Å². The zero-order valence-corrected chi connectivity index (χ0v) is 13.2. The fourth-order valence-corrected chi connectivity index (χ4v) is 2.52. The monoisotopic (exact) mass is 328 g/mol. The van der Waals surface area contributed by atoms with E-state index in [1.807, 2.05) is 41.2 Å². The number of hydrogen-bond acceptors (Lipinski definition) is 5. The normalized spacial score (nSPS) is 17.2. The first kappa shape index (κ1) is 16.0. The Morgan fingerprint density at radius 2 is 2.08 bits per heavy atom. The zero-order chi connectivity index (χ0) is 16.8. The van der Waals surface area contributed by atoms with Crippen LogP contribution < -0.4 is 16.0 Å². The third-order valence-corrected chi connectivity index (χ3v) is 3.89. The maximum atomic E-state index is 12.0. The molecule has 3 N–H and O–H groups in total. The van der Waals surface area contributed by atoms with Crippen LogP contribution in [0, 0.1) is 5.92 Å². The van der Waals surface area contributed by atoms with E-state index in [0.29, 0.717) is 38.3 Å². The molecule has 1 saturated heterocycles. The van der Waals surface area contributed by atoms with E-state index in [1.165, 1.54) is 0 Å². The summed E-state index contributed by atoms with van der Waals surface area (Å²) in [5.74, 6) is 1.26. The highest BCUT2D eigenvalue weighted by Crippen LogP contribution is 2.10. The average molecular weight is 328 g/mol. The van der Waals surface area contributed by atoms with Crippen LogP contribution in [0.2, 0.25) is 0 Å². The zero-order valence-electron chi connectivity index (χ0n) is 13.2. The summed E-state index contributed by atoms with van der Waals surface area (Å²) in [4.78, 5) is 23.1. The molecule has 24 heavy (non-hydrogen) atoms. The van der Waals surface area contributed by atoms with Crippen LogP contribution in [0.25, 0.3) is 5.82 Å². The molecule has 1 fully saturated rings. The van der Waals surface area contributed by atoms with E-state index in [9.17, 15) is 9.59 Å². The number of nitrogens with one attached hydrogen (secondary N) is 3. The van der Waals surface area contributed by atoms with E-state index >= 15 is 0 Å². The summed E-state index contributed by atoms with van der Waals surface area (Å²) in [5.41, 5.74) is 0. The Balaban J connectivity index is 1.39. The molecular formula is C16H20N6O2. The van der Waals surface area contributed by atoms with Crippen molar-refractivity contribution >= 4 is 17.6 Å². The lowest BCUT2D eigenvalue weighted by Crippen LogP contribution is -2.43. The predicted molar refractivity (Wildman–Crippen MR) is 88.6 cm³/mol. The molecule has 126 valence electrons. The van der Waals surface area contributed by atoms with E-state index in [1.54, 1.807) is 0 Å². The largest absolute Gasteiger partial charge is 0.367 e. The van der Waals surface area contributed by atoms with Crippen molar-refractivity contribution in [2.24, 2.45) is 5.92 Å². The van der Waals surface area contributed by atoms with E-state index in [0.717, 1.165) is 5.82 Å². The molecule has 1 unspecified atom stereocenters. The number of aromatic nitrogens is 3. The van der Waals surface area contributed by atoms with Crippen molar-refractivity contribution in [2.45, 2.75) is 12.8 Å². The van der Waals surface area contributed by atoms with Crippen LogP contribution in [0.15, 0.2) is 36.7 Å². The minimum absolute atomic E-state index is 0.0163. The molecule has 8 heteroatoms. The lowest BCUT2D eigenvalue weighted by molar-refractivity contribution is -0.128. The maximum absolute atomic E-state index is 12.0. The minimum Gasteiger partial charge on any atom is -0.367 e. The van der Waals surface area contributed by atoms with Gasteiger partial charge in [-0.25, -0.2) is 0 Å². The highest BCUT2D eigenvalue weighted by molar-refractivity contribution is 5.83. The highest BCUT2D eigenvalue weighted by Gasteiger charge is 2.23. The summed E-state index contributed by atoms with van der Waals surface area (Å²) in [5, 5.41) is 16.9. The topological polar surface area (TPSA) is 101 Å². The van der Waals surface area contributed by atoms with Crippen molar-refractivity contribution in [3.63, 3.8) is 0 Å². The number of anilines is 1. The molecule has 8 nitrogen and oxygen atoms in total. The Hall–Kier alpha value is -2.90. The molecule has 0 aliphatic carbocycles. The van der Waals surface area contributed by atoms with Crippen LogP contribution in [-0.2, 0) is 9.59 Å². The van der Waals surface area contributed by atoms with Gasteiger partial charge in [0.05, 0.1) is 5.92 Å². The Morgan fingerprint density at radius 3 is 2.75 bits per heavy atom. The van der Waals surface area contributed by atoms with Crippen LogP contribution in [-0.4, -0.2) is 46.2 Å². The first-order valence-electron chi connectivity index (χ1n) is 7.98. The third kappa shape index (κ3) is 4.09. The summed E-state index contributed by atoms with van der Waals surface area (Å²) in [7, 11) is 0. The number of hydrogen-bond donors (Lipinski definition) is 3. The molecule has 1 aliphatic heterocycles. The van der Waals surface area contributed by atoms with Gasteiger partial charge in [0.15, 0.2) is 5.82 Å². The first-order chi connectivity index (χ1) is 11.7. The number of amides is 2. The van der Waals surface area contributed by atoms with Gasteiger partial charge in [0.2, 0.25) is 11.8 Å². The SMILES string of the molecule is O=C1CCC(C(=O)NCCNc2ccc(-n3cccc3)nn2)CN1. The van der Waals surface area contributed by atoms with Gasteiger partial charge in [0.25, 0.3) is 0 Å². The van der Waals surface area contributed by atoms with E-state index in [4.69, 9.17) is 0 Å². The molecule has 0 bridgehead atoms. The molecule has 0 radical (unpaired) electrons. The van der Waals surface area contributed by atoms with Gasteiger partial charge in [-0.05, 0) is 30.7 Å². The molecule has 1 atom stereocenters. The van der Waals surface area contributed by atoms with Crippen molar-refractivity contribution < 1.29 is 9.59 Å². The Morgan fingerprint density at radius 1 is 1.25 bits per heavy atom. The van der Waals surface area contributed by atoms with Crippen LogP contribution in [0.3, 0.4) is 0 Å². The second kappa shape index (κ2) is 7.58. The molecule has 3 rings (SSSR count). The molecule has 0 spiro atoms. The maximum Gasteiger partial charge on any atom is 0.224 e. The fraction of sp³-hybridized carbons (Fsp3) is 0.375. The lowest BCUT2D eigenvalue weighted by atomic mass is 9.98. The van der Waals surface area contributed by atoms with Crippen molar-refractivity contribution in [2.75, 3.05) is 25.0 Å². The minimum atomic E-state index is -0.136. The molecule has 2 aromatic rings. The molecule has 3 heterocycles. The van der Waals surface area contributed by atoms with E-state index in [2.05, 4.69) is 26.1 Å². The van der Waals surface area contributed by atoms with Crippen molar-refractivity contribution in [1.82, 2.24) is 25.4 Å². The van der Waals surface area contributed by atoms with Gasteiger partial charge < -0.3 is 20.5 Å². The number of piperidine rings is 1. The number of carbonyl (C=O) groups is 2. The van der Waals surface area contributed by atoms with Crippen molar-refractivity contribution in [3.05, 3.63) is 36.7 Å². The van der Waals surface area contributed by atoms with Crippen LogP contribution >= 0.6 is 0 Å². The smallest absolute Gasteiger partial charge is 0.224 e. The average Bonchev–Trinajstić information content (AvgIpc) is 3.14. The third-order valence-electron chi connectivity index (χ3n) is 3.89.